The Bertz CT molecular complexity index is 2100. The van der Waals surface area contributed by atoms with Gasteiger partial charge in [-0.1, -0.05) is 79.2 Å². The van der Waals surface area contributed by atoms with Gasteiger partial charge in [-0.15, -0.1) is 0 Å². The summed E-state index contributed by atoms with van der Waals surface area (Å²) in [5.41, 5.74) is 5.91. The summed E-state index contributed by atoms with van der Waals surface area (Å²) in [6, 6.07) is 16.0. The summed E-state index contributed by atoms with van der Waals surface area (Å²) >= 11 is 0. The summed E-state index contributed by atoms with van der Waals surface area (Å²) < 4.78 is 7.04. The number of carbonyl (C=O) groups is 5. The fraction of sp³-hybridized carbons (Fsp3) is 0.465. The van der Waals surface area contributed by atoms with Gasteiger partial charge in [-0.25, -0.2) is 9.48 Å². The van der Waals surface area contributed by atoms with E-state index in [1.54, 1.807) is 6.20 Å². The predicted molar refractivity (Wildman–Crippen MR) is 210 cm³/mol. The van der Waals surface area contributed by atoms with Crippen LogP contribution in [0.15, 0.2) is 83.8 Å². The van der Waals surface area contributed by atoms with Crippen LogP contribution in [-0.4, -0.2) is 74.7 Å². The van der Waals surface area contributed by atoms with Crippen molar-refractivity contribution in [3.8, 4) is 22.3 Å². The van der Waals surface area contributed by atoms with Crippen molar-refractivity contribution in [1.29, 1.82) is 0 Å². The molecular formula is C43H49N7O7. The Morgan fingerprint density at radius 2 is 1.54 bits per heavy atom. The first-order valence-electron chi connectivity index (χ1n) is 20.3. The van der Waals surface area contributed by atoms with Crippen LogP contribution in [0.5, 0.6) is 0 Å². The van der Waals surface area contributed by atoms with E-state index in [4.69, 9.17) is 4.74 Å². The van der Waals surface area contributed by atoms with E-state index in [1.165, 1.54) is 9.58 Å². The molecule has 5 aliphatic rings. The average molecular weight is 776 g/mol. The maximum Gasteiger partial charge on any atom is 0.408 e. The Hall–Kier alpha value is -5.79. The molecule has 2 aliphatic heterocycles. The van der Waals surface area contributed by atoms with E-state index in [9.17, 15) is 28.8 Å². The van der Waals surface area contributed by atoms with Gasteiger partial charge >= 0.3 is 6.09 Å². The quantitative estimate of drug-likeness (QED) is 0.202. The van der Waals surface area contributed by atoms with Gasteiger partial charge in [0.15, 0.2) is 0 Å². The van der Waals surface area contributed by atoms with Gasteiger partial charge in [-0.05, 0) is 75.3 Å². The lowest BCUT2D eigenvalue weighted by Gasteiger charge is -2.30. The minimum Gasteiger partial charge on any atom is -0.446 e. The number of aromatic nitrogens is 2. The smallest absolute Gasteiger partial charge is 0.408 e. The van der Waals surface area contributed by atoms with Gasteiger partial charge < -0.3 is 20.3 Å². The maximum absolute atomic E-state index is 14.7. The molecule has 3 saturated carbocycles. The van der Waals surface area contributed by atoms with Gasteiger partial charge in [0, 0.05) is 30.4 Å². The van der Waals surface area contributed by atoms with Crippen molar-refractivity contribution in [2.45, 2.75) is 107 Å². The molecule has 3 aliphatic carbocycles. The van der Waals surface area contributed by atoms with E-state index < -0.39 is 47.5 Å². The molecule has 57 heavy (non-hydrogen) atoms. The average Bonchev–Trinajstić information content (AvgIpc) is 4.08. The van der Waals surface area contributed by atoms with Crippen molar-refractivity contribution in [2.24, 2.45) is 11.8 Å². The van der Waals surface area contributed by atoms with Crippen molar-refractivity contribution in [2.75, 3.05) is 6.54 Å². The number of hydrogen-bond acceptors (Lipinski definition) is 8. The van der Waals surface area contributed by atoms with Gasteiger partial charge in [-0.2, -0.15) is 5.10 Å². The molecule has 4 fully saturated rings. The first-order valence-corrected chi connectivity index (χ1v) is 20.3. The highest BCUT2D eigenvalue weighted by atomic mass is 16.6. The topological polar surface area (TPSA) is 181 Å². The molecule has 5 atom stereocenters. The Morgan fingerprint density at radius 3 is 2.26 bits per heavy atom. The van der Waals surface area contributed by atoms with Crippen molar-refractivity contribution in [1.82, 2.24) is 36.2 Å². The second-order valence-corrected chi connectivity index (χ2v) is 16.0. The van der Waals surface area contributed by atoms with E-state index in [0.29, 0.717) is 42.4 Å². The van der Waals surface area contributed by atoms with E-state index >= 15 is 0 Å². The predicted octanol–water partition coefficient (Wildman–Crippen LogP) is 4.32. The lowest BCUT2D eigenvalue weighted by Crippen LogP contribution is -2.59. The number of rotatable bonds is 7. The lowest BCUT2D eigenvalue weighted by molar-refractivity contribution is -0.141. The number of alkyl carbamates (subject to hydrolysis) is 1. The maximum atomic E-state index is 14.7. The molecule has 4 N–H and O–H groups in total. The normalized spacial score (nSPS) is 26.9. The number of fused-ring (bicyclic) bond motifs is 2. The summed E-state index contributed by atoms with van der Waals surface area (Å²) in [7, 11) is 0. The summed E-state index contributed by atoms with van der Waals surface area (Å²) in [5.74, 6) is -2.34. The molecule has 0 radical (unpaired) electrons. The number of nitrogens with one attached hydrogen (secondary N) is 4. The zero-order valence-corrected chi connectivity index (χ0v) is 31.9. The van der Waals surface area contributed by atoms with Crippen LogP contribution in [0, 0.1) is 11.8 Å². The van der Waals surface area contributed by atoms with Crippen LogP contribution in [0.25, 0.3) is 22.3 Å². The third-order valence-electron chi connectivity index (χ3n) is 12.0. The Labute approximate surface area is 330 Å². The highest BCUT2D eigenvalue weighted by Gasteiger charge is 2.61. The highest BCUT2D eigenvalue weighted by Crippen LogP contribution is 2.46. The minimum absolute atomic E-state index is 0.0270. The van der Waals surface area contributed by atoms with Crippen molar-refractivity contribution >= 4 is 29.7 Å². The van der Waals surface area contributed by atoms with Crippen molar-refractivity contribution in [3.63, 3.8) is 0 Å². The third kappa shape index (κ3) is 8.21. The van der Waals surface area contributed by atoms with E-state index in [1.807, 2.05) is 72.8 Å². The monoisotopic (exact) mass is 775 g/mol. The van der Waals surface area contributed by atoms with Crippen LogP contribution in [0.2, 0.25) is 0 Å². The molecule has 5 amide bonds. The molecule has 0 unspecified atom stereocenters. The third-order valence-corrected chi connectivity index (χ3v) is 12.0. The molecule has 14 nitrogen and oxygen atoms in total. The fourth-order valence-corrected chi connectivity index (χ4v) is 8.56. The molecule has 2 aromatic carbocycles. The molecular weight excluding hydrogens is 727 g/mol. The molecule has 8 rings (SSSR count). The molecule has 0 bridgehead atoms. The van der Waals surface area contributed by atoms with Crippen LogP contribution < -0.4 is 27.0 Å². The summed E-state index contributed by atoms with van der Waals surface area (Å²) in [6.45, 7) is -0.0431. The second-order valence-electron chi connectivity index (χ2n) is 16.0. The fourth-order valence-electron chi connectivity index (χ4n) is 8.56. The van der Waals surface area contributed by atoms with Gasteiger partial charge in [-0.3, -0.25) is 34.8 Å². The van der Waals surface area contributed by atoms with Crippen LogP contribution in [0.4, 0.5) is 4.79 Å². The first-order chi connectivity index (χ1) is 27.7. The molecule has 298 valence electrons. The van der Waals surface area contributed by atoms with Crippen LogP contribution in [-0.2, 0) is 23.9 Å². The molecule has 3 heterocycles. The Balaban J connectivity index is 1.13. The number of benzene rings is 2. The zero-order valence-electron chi connectivity index (χ0n) is 31.9. The summed E-state index contributed by atoms with van der Waals surface area (Å²) in [6.07, 6.45) is 12.3. The second kappa shape index (κ2) is 16.4. The minimum atomic E-state index is -1.35. The van der Waals surface area contributed by atoms with Gasteiger partial charge in [0.2, 0.25) is 17.7 Å². The van der Waals surface area contributed by atoms with Crippen LogP contribution in [0.3, 0.4) is 0 Å². The van der Waals surface area contributed by atoms with Crippen LogP contribution >= 0.6 is 0 Å². The first kappa shape index (κ1) is 38.1. The number of hydrogen-bond donors (Lipinski definition) is 4. The highest BCUT2D eigenvalue weighted by molar-refractivity contribution is 5.99. The van der Waals surface area contributed by atoms with Gasteiger partial charge in [0.25, 0.3) is 11.5 Å². The molecule has 0 spiro atoms. The number of carbonyl (C=O) groups excluding carboxylic acids is 5. The van der Waals surface area contributed by atoms with E-state index in [0.717, 1.165) is 50.5 Å². The number of ether oxygens (including phenoxy) is 1. The Morgan fingerprint density at radius 1 is 0.842 bits per heavy atom. The van der Waals surface area contributed by atoms with Gasteiger partial charge in [0.1, 0.15) is 23.7 Å². The van der Waals surface area contributed by atoms with Crippen LogP contribution in [0.1, 0.15) is 83.1 Å². The van der Waals surface area contributed by atoms with E-state index in [2.05, 4.69) is 26.6 Å². The number of amides is 5. The number of allylic oxidation sites excluding steroid dienone is 1. The Kier molecular flexibility index (Phi) is 10.9. The van der Waals surface area contributed by atoms with Crippen molar-refractivity contribution in [3.05, 3.63) is 89.4 Å². The van der Waals surface area contributed by atoms with Crippen molar-refractivity contribution < 1.29 is 28.7 Å². The standard InChI is InChI=1S/C43H49N7O7/c51-37(29-21-22-29)47-48-41(55)43-24-30(43)17-9-1-2-10-20-34(45-42(56)57-32-18-11-12-19-32)39(53)49-26-31(23-35(49)38(52)46-43)50-40(54)36(28-15-7-4-8-16-28)33(25-44-50)27-13-5-3-6-14-27/h3-9,13-17,25,29-32,34-35H,1-2,10-12,18-24,26H2,(H,45,56)(H,46,52)(H,47,51)(H,48,55)/b17-9-/t30-,31-,34+,35+,43-/m1/s1. The lowest BCUT2D eigenvalue weighted by atomic mass is 9.97. The summed E-state index contributed by atoms with van der Waals surface area (Å²) in [5, 5.41) is 10.4. The SMILES string of the molecule is O=C(N[C@H]1CCCC/C=C\[C@@H]2C[C@@]2(C(=O)NNC(=O)C2CC2)NC(=O)[C@@H]2C[C@@H](n3ncc(-c4ccccc4)c(-c4ccccc4)c3=O)CN2C1=O)OC1CCCC1. The molecule has 1 saturated heterocycles. The zero-order chi connectivity index (χ0) is 39.5. The number of nitrogens with zero attached hydrogens (tertiary/aromatic N) is 3. The molecule has 14 heteroatoms. The largest absolute Gasteiger partial charge is 0.446 e. The molecule has 3 aromatic rings. The number of hydrazine groups is 1. The summed E-state index contributed by atoms with van der Waals surface area (Å²) in [4.78, 5) is 84.6. The van der Waals surface area contributed by atoms with Gasteiger partial charge in [0.05, 0.1) is 17.8 Å². The van der Waals surface area contributed by atoms with E-state index in [-0.39, 0.29) is 42.4 Å². The molecule has 1 aromatic heterocycles.